The first-order valence-electron chi connectivity index (χ1n) is 9.98. The molecule has 0 heterocycles. The van der Waals surface area contributed by atoms with Gasteiger partial charge in [0.25, 0.3) is 11.8 Å². The van der Waals surface area contributed by atoms with Gasteiger partial charge in [-0.05, 0) is 48.7 Å². The second kappa shape index (κ2) is 12.4. The van der Waals surface area contributed by atoms with Crippen molar-refractivity contribution in [2.24, 2.45) is 11.0 Å². The van der Waals surface area contributed by atoms with Crippen molar-refractivity contribution in [2.75, 3.05) is 13.7 Å². The molecule has 2 aromatic rings. The van der Waals surface area contributed by atoms with E-state index < -0.39 is 11.9 Å². The molecule has 0 aliphatic rings. The Kier molecular flexibility index (Phi) is 9.58. The van der Waals surface area contributed by atoms with Crippen LogP contribution in [0.4, 0.5) is 0 Å². The van der Waals surface area contributed by atoms with Gasteiger partial charge in [0.15, 0.2) is 11.5 Å². The summed E-state index contributed by atoms with van der Waals surface area (Å²) in [4.78, 5) is 25.3. The summed E-state index contributed by atoms with van der Waals surface area (Å²) in [6, 6.07) is 10.9. The third kappa shape index (κ3) is 7.33. The summed E-state index contributed by atoms with van der Waals surface area (Å²) in [5.41, 5.74) is 3.46. The standard InChI is InChI=1S/C24H26ClN3O4/c1-5-13-32-22-18(7-6-8-21(22)31-4)15-26-28-24(30)20(14-16(2)3)27-23(29)17-9-11-19(25)12-10-17/h1,6-12,15-16,20H,13-14H2,2-4H3,(H,27,29)(H,28,30). The number of nitrogens with one attached hydrogen (secondary N) is 2. The van der Waals surface area contributed by atoms with Crippen molar-refractivity contribution in [2.45, 2.75) is 26.3 Å². The van der Waals surface area contributed by atoms with Crippen LogP contribution in [0.1, 0.15) is 36.2 Å². The van der Waals surface area contributed by atoms with E-state index in [0.717, 1.165) is 0 Å². The molecule has 0 saturated heterocycles. The number of carbonyl (C=O) groups excluding carboxylic acids is 2. The van der Waals surface area contributed by atoms with E-state index in [0.29, 0.717) is 34.1 Å². The number of benzene rings is 2. The highest BCUT2D eigenvalue weighted by Crippen LogP contribution is 2.29. The molecular weight excluding hydrogens is 430 g/mol. The van der Waals surface area contributed by atoms with Gasteiger partial charge in [0.1, 0.15) is 12.6 Å². The molecule has 0 aliphatic carbocycles. The van der Waals surface area contributed by atoms with Gasteiger partial charge in [0, 0.05) is 16.1 Å². The van der Waals surface area contributed by atoms with Crippen molar-refractivity contribution in [3.8, 4) is 23.8 Å². The van der Waals surface area contributed by atoms with Crippen molar-refractivity contribution in [3.63, 3.8) is 0 Å². The molecule has 32 heavy (non-hydrogen) atoms. The zero-order valence-corrected chi connectivity index (χ0v) is 19.0. The van der Waals surface area contributed by atoms with Crippen molar-refractivity contribution in [1.29, 1.82) is 0 Å². The molecule has 0 saturated carbocycles. The molecule has 2 N–H and O–H groups in total. The summed E-state index contributed by atoms with van der Waals surface area (Å²) in [6.07, 6.45) is 7.14. The quantitative estimate of drug-likeness (QED) is 0.325. The van der Waals surface area contributed by atoms with Crippen LogP contribution >= 0.6 is 11.6 Å². The Morgan fingerprint density at radius 2 is 1.94 bits per heavy atom. The topological polar surface area (TPSA) is 89.0 Å². The highest BCUT2D eigenvalue weighted by Gasteiger charge is 2.22. The van der Waals surface area contributed by atoms with Crippen LogP contribution in [0.25, 0.3) is 0 Å². The minimum atomic E-state index is -0.766. The number of rotatable bonds is 10. The normalized spacial score (nSPS) is 11.6. The molecule has 1 unspecified atom stereocenters. The Hall–Kier alpha value is -3.50. The van der Waals surface area contributed by atoms with Crippen molar-refractivity contribution < 1.29 is 19.1 Å². The number of hydrogen-bond acceptors (Lipinski definition) is 5. The van der Waals surface area contributed by atoms with Gasteiger partial charge in [-0.3, -0.25) is 9.59 Å². The number of amides is 2. The average molecular weight is 456 g/mol. The lowest BCUT2D eigenvalue weighted by Gasteiger charge is -2.19. The number of nitrogens with zero attached hydrogens (tertiary/aromatic N) is 1. The predicted molar refractivity (Wildman–Crippen MR) is 125 cm³/mol. The molecule has 0 spiro atoms. The summed E-state index contributed by atoms with van der Waals surface area (Å²) in [6.45, 7) is 3.98. The maximum absolute atomic E-state index is 12.7. The first-order valence-corrected chi connectivity index (χ1v) is 10.4. The third-order valence-corrected chi connectivity index (χ3v) is 4.59. The van der Waals surface area contributed by atoms with Gasteiger partial charge in [0.2, 0.25) is 0 Å². The number of carbonyl (C=O) groups is 2. The minimum Gasteiger partial charge on any atom is -0.493 e. The monoisotopic (exact) mass is 455 g/mol. The zero-order valence-electron chi connectivity index (χ0n) is 18.2. The van der Waals surface area contributed by atoms with Crippen molar-refractivity contribution in [3.05, 3.63) is 58.6 Å². The molecule has 168 valence electrons. The van der Waals surface area contributed by atoms with Gasteiger partial charge in [-0.1, -0.05) is 37.4 Å². The van der Waals surface area contributed by atoms with E-state index in [1.54, 1.807) is 42.5 Å². The van der Waals surface area contributed by atoms with Gasteiger partial charge in [-0.15, -0.1) is 6.42 Å². The van der Waals surface area contributed by atoms with Crippen LogP contribution in [0.3, 0.4) is 0 Å². The fourth-order valence-electron chi connectivity index (χ4n) is 2.85. The largest absolute Gasteiger partial charge is 0.493 e. The van der Waals surface area contributed by atoms with Gasteiger partial charge >= 0.3 is 0 Å². The highest BCUT2D eigenvalue weighted by molar-refractivity contribution is 6.30. The molecule has 2 amide bonds. The maximum atomic E-state index is 12.7. The first-order chi connectivity index (χ1) is 15.3. The second-order valence-corrected chi connectivity index (χ2v) is 7.70. The SMILES string of the molecule is C#CCOc1c(C=NNC(=O)C(CC(C)C)NC(=O)c2ccc(Cl)cc2)cccc1OC. The Bertz CT molecular complexity index is 997. The Labute approximate surface area is 193 Å². The summed E-state index contributed by atoms with van der Waals surface area (Å²) < 4.78 is 10.8. The van der Waals surface area contributed by atoms with Crippen molar-refractivity contribution in [1.82, 2.24) is 10.7 Å². The van der Waals surface area contributed by atoms with Crippen molar-refractivity contribution >= 4 is 29.6 Å². The van der Waals surface area contributed by atoms with Gasteiger partial charge < -0.3 is 14.8 Å². The molecule has 0 fully saturated rings. The lowest BCUT2D eigenvalue weighted by molar-refractivity contribution is -0.123. The Morgan fingerprint density at radius 1 is 1.22 bits per heavy atom. The van der Waals surface area contributed by atoms with E-state index in [9.17, 15) is 9.59 Å². The smallest absolute Gasteiger partial charge is 0.262 e. The molecule has 0 aliphatic heterocycles. The molecule has 1 atom stereocenters. The zero-order chi connectivity index (χ0) is 23.5. The van der Waals surface area contributed by atoms with Gasteiger partial charge in [-0.25, -0.2) is 5.43 Å². The number of hydrogen-bond donors (Lipinski definition) is 2. The average Bonchev–Trinajstić information content (AvgIpc) is 2.77. The molecule has 2 aromatic carbocycles. The van der Waals surface area contributed by atoms with Crippen LogP contribution in [0.15, 0.2) is 47.6 Å². The predicted octanol–water partition coefficient (Wildman–Crippen LogP) is 3.66. The number of terminal acetylenes is 1. The number of halogens is 1. The van der Waals surface area contributed by atoms with Crippen LogP contribution in [0, 0.1) is 18.3 Å². The van der Waals surface area contributed by atoms with E-state index >= 15 is 0 Å². The number of para-hydroxylation sites is 1. The van der Waals surface area contributed by atoms with Crippen LogP contribution in [-0.4, -0.2) is 37.8 Å². The summed E-state index contributed by atoms with van der Waals surface area (Å²) >= 11 is 5.87. The lowest BCUT2D eigenvalue weighted by atomic mass is 10.0. The summed E-state index contributed by atoms with van der Waals surface area (Å²) in [5.74, 6) is 2.66. The number of hydrazone groups is 1. The molecule has 2 rings (SSSR count). The third-order valence-electron chi connectivity index (χ3n) is 4.34. The summed E-state index contributed by atoms with van der Waals surface area (Å²) in [5, 5.41) is 7.30. The molecule has 0 radical (unpaired) electrons. The molecule has 7 nitrogen and oxygen atoms in total. The molecule has 8 heteroatoms. The van der Waals surface area contributed by atoms with Gasteiger partial charge in [-0.2, -0.15) is 5.10 Å². The van der Waals surface area contributed by atoms with E-state index in [-0.39, 0.29) is 18.4 Å². The Morgan fingerprint density at radius 3 is 2.56 bits per heavy atom. The van der Waals surface area contributed by atoms with Crippen LogP contribution < -0.4 is 20.2 Å². The second-order valence-electron chi connectivity index (χ2n) is 7.27. The molecular formula is C24H26ClN3O4. The minimum absolute atomic E-state index is 0.0563. The fourth-order valence-corrected chi connectivity index (χ4v) is 2.98. The van der Waals surface area contributed by atoms with Gasteiger partial charge in [0.05, 0.1) is 13.3 Å². The lowest BCUT2D eigenvalue weighted by Crippen LogP contribution is -2.46. The number of ether oxygens (including phenoxy) is 2. The Balaban J connectivity index is 2.11. The molecule has 0 aromatic heterocycles. The van der Waals surface area contributed by atoms with E-state index in [1.165, 1.54) is 13.3 Å². The maximum Gasteiger partial charge on any atom is 0.262 e. The fraction of sp³-hybridized carbons (Fsp3) is 0.292. The number of methoxy groups -OCH3 is 1. The van der Waals surface area contributed by atoms with Crippen LogP contribution in [0.2, 0.25) is 5.02 Å². The first kappa shape index (κ1) is 24.8. The van der Waals surface area contributed by atoms with E-state index in [1.807, 2.05) is 13.8 Å². The highest BCUT2D eigenvalue weighted by atomic mass is 35.5. The summed E-state index contributed by atoms with van der Waals surface area (Å²) in [7, 11) is 1.51. The van der Waals surface area contributed by atoms with Crippen LogP contribution in [-0.2, 0) is 4.79 Å². The van der Waals surface area contributed by atoms with E-state index in [4.69, 9.17) is 27.5 Å². The van der Waals surface area contributed by atoms with Crippen LogP contribution in [0.5, 0.6) is 11.5 Å². The molecule has 0 bridgehead atoms. The van der Waals surface area contributed by atoms with E-state index in [2.05, 4.69) is 21.8 Å².